The molecule has 0 aliphatic rings. The molecule has 0 atom stereocenters. The number of para-hydroxylation sites is 3. The Morgan fingerprint density at radius 3 is 2.37 bits per heavy atom. The average Bonchev–Trinajstić information content (AvgIpc) is 3.63. The van der Waals surface area contributed by atoms with E-state index in [2.05, 4.69) is 85.5 Å². The first-order chi connectivity index (χ1) is 23.0. The molecule has 0 N–H and O–H groups in total. The molecule has 7 rings (SSSR count). The van der Waals surface area contributed by atoms with Gasteiger partial charge in [0.15, 0.2) is 0 Å². The summed E-state index contributed by atoms with van der Waals surface area (Å²) in [5, 5.41) is 3.41. The molecular weight excluding hydrogens is 759 g/mol. The van der Waals surface area contributed by atoms with Crippen LogP contribution in [-0.4, -0.2) is 22.6 Å². The second-order valence-corrected chi connectivity index (χ2v) is 18.0. The Balaban J connectivity index is 0.000000191. The monoisotopic (exact) mass is 804 g/mol. The summed E-state index contributed by atoms with van der Waals surface area (Å²) < 4.78 is 39.2. The van der Waals surface area contributed by atoms with Crippen LogP contribution in [0.15, 0.2) is 95.5 Å². The maximum absolute atomic E-state index is 8.48. The van der Waals surface area contributed by atoms with Gasteiger partial charge in [0.25, 0.3) is 0 Å². The first kappa shape index (κ1) is 28.4. The minimum absolute atomic E-state index is 0. The van der Waals surface area contributed by atoms with Crippen LogP contribution in [0.1, 0.15) is 56.2 Å². The van der Waals surface area contributed by atoms with Crippen molar-refractivity contribution in [3.05, 3.63) is 114 Å². The standard InChI is InChI=1S/C22H17N2O.C18H24NSi.Ir/c1-14(2)24-19-12-5-4-11-18(19)23-22(24)17-10-7-9-16-15-8-3-6-13-20(15)25-21(16)17;1-13(2)16-11-17(15-9-7-14(3)8-10-15)19-12-18(16)20(4,5)6;/h3-9,11-14H,1-2H3;7-9,11-13H,1-6H3;/q2*-1;/i;3D3,13D;. The summed E-state index contributed by atoms with van der Waals surface area (Å²) in [5.41, 5.74) is 7.51. The normalized spacial score (nSPS) is 13.5. The number of hydrogen-bond donors (Lipinski definition) is 0. The van der Waals surface area contributed by atoms with Gasteiger partial charge in [-0.25, -0.2) is 0 Å². The van der Waals surface area contributed by atoms with Crippen LogP contribution in [0.5, 0.6) is 0 Å². The third kappa shape index (κ3) is 6.53. The minimum atomic E-state index is -2.13. The second kappa shape index (κ2) is 13.5. The van der Waals surface area contributed by atoms with Gasteiger partial charge >= 0.3 is 0 Å². The van der Waals surface area contributed by atoms with Crippen molar-refractivity contribution in [2.45, 2.75) is 66.1 Å². The summed E-state index contributed by atoms with van der Waals surface area (Å²) in [5.74, 6) is 0.187. The smallest absolute Gasteiger partial charge is 0.120 e. The number of pyridine rings is 1. The molecule has 4 aromatic carbocycles. The van der Waals surface area contributed by atoms with Crippen molar-refractivity contribution in [3.8, 4) is 22.6 Å². The number of hydrogen-bond acceptors (Lipinski definition) is 3. The molecule has 0 unspecified atom stereocenters. The van der Waals surface area contributed by atoms with Gasteiger partial charge in [0, 0.05) is 43.2 Å². The molecule has 3 aromatic heterocycles. The van der Waals surface area contributed by atoms with Gasteiger partial charge in [-0.1, -0.05) is 93.3 Å². The van der Waals surface area contributed by atoms with Crippen LogP contribution < -0.4 is 5.19 Å². The Morgan fingerprint density at radius 2 is 1.67 bits per heavy atom. The molecule has 0 saturated carbocycles. The molecule has 46 heavy (non-hydrogen) atoms. The Labute approximate surface area is 292 Å². The maximum atomic E-state index is 8.48. The van der Waals surface area contributed by atoms with Crippen LogP contribution in [0.2, 0.25) is 19.6 Å². The Morgan fingerprint density at radius 1 is 0.913 bits per heavy atom. The van der Waals surface area contributed by atoms with E-state index in [1.54, 1.807) is 12.1 Å². The number of aryl methyl sites for hydroxylation is 1. The molecule has 7 aromatic rings. The van der Waals surface area contributed by atoms with Crippen molar-refractivity contribution >= 4 is 46.2 Å². The number of imidazole rings is 1. The van der Waals surface area contributed by atoms with Crippen molar-refractivity contribution in [3.63, 3.8) is 0 Å². The largest absolute Gasteiger partial charge is 0.501 e. The summed E-state index contributed by atoms with van der Waals surface area (Å²) in [4.78, 5) is 9.46. The minimum Gasteiger partial charge on any atom is -0.501 e. The third-order valence-corrected chi connectivity index (χ3v) is 10.0. The summed E-state index contributed by atoms with van der Waals surface area (Å²) in [6.45, 7) is 12.7. The molecule has 0 fully saturated rings. The van der Waals surface area contributed by atoms with Crippen LogP contribution >= 0.6 is 0 Å². The van der Waals surface area contributed by atoms with E-state index in [0.29, 0.717) is 0 Å². The van der Waals surface area contributed by atoms with Crippen LogP contribution in [0, 0.1) is 19.0 Å². The maximum Gasteiger partial charge on any atom is 0.120 e. The van der Waals surface area contributed by atoms with Gasteiger partial charge in [-0.2, -0.15) is 0 Å². The molecule has 4 nitrogen and oxygen atoms in total. The Bertz CT molecular complexity index is 2280. The molecule has 1 radical (unpaired) electrons. The van der Waals surface area contributed by atoms with E-state index in [0.717, 1.165) is 61.2 Å². The fourth-order valence-corrected chi connectivity index (χ4v) is 7.38. The SMILES string of the molecule is CC(C)n1c(-c2[c-]ccc3c2oc2ccccc23)nc2ccccc21.[2H]C([2H])([2H])c1c[c-]c(-c2cc(C([2H])(C)C)c([Si](C)(C)C)cn2)cc1.[Ir]. The van der Waals surface area contributed by atoms with Crippen molar-refractivity contribution in [1.82, 2.24) is 14.5 Å². The molecule has 0 bridgehead atoms. The molecule has 0 saturated heterocycles. The topological polar surface area (TPSA) is 43.9 Å². The quantitative estimate of drug-likeness (QED) is 0.129. The first-order valence-electron chi connectivity index (χ1n) is 17.4. The molecular formula is C40H41IrN3OSi-2. The molecule has 0 aliphatic carbocycles. The van der Waals surface area contributed by atoms with Crippen LogP contribution in [-0.2, 0) is 20.1 Å². The molecule has 0 aliphatic heterocycles. The summed E-state index contributed by atoms with van der Waals surface area (Å²) in [6, 6.07) is 33.9. The number of rotatable bonds is 5. The van der Waals surface area contributed by atoms with Crippen molar-refractivity contribution in [2.75, 3.05) is 0 Å². The predicted molar refractivity (Wildman–Crippen MR) is 192 cm³/mol. The summed E-state index contributed by atoms with van der Waals surface area (Å²) >= 11 is 0. The average molecular weight is 804 g/mol. The van der Waals surface area contributed by atoms with E-state index in [4.69, 9.17) is 14.9 Å². The predicted octanol–water partition coefficient (Wildman–Crippen LogP) is 10.5. The molecule has 237 valence electrons. The van der Waals surface area contributed by atoms with E-state index in [9.17, 15) is 0 Å². The molecule has 0 amide bonds. The zero-order valence-electron chi connectivity index (χ0n) is 31.3. The zero-order valence-corrected chi connectivity index (χ0v) is 30.7. The van der Waals surface area contributed by atoms with Crippen molar-refractivity contribution in [2.24, 2.45) is 0 Å². The fourth-order valence-electron chi connectivity index (χ4n) is 5.80. The van der Waals surface area contributed by atoms with E-state index in [1.807, 2.05) is 56.4 Å². The molecule has 0 spiro atoms. The zero-order chi connectivity index (χ0) is 35.3. The van der Waals surface area contributed by atoms with Gasteiger partial charge in [0.05, 0.1) is 30.5 Å². The number of benzene rings is 4. The number of furan rings is 1. The van der Waals surface area contributed by atoms with Gasteiger partial charge in [-0.05, 0) is 48.8 Å². The summed E-state index contributed by atoms with van der Waals surface area (Å²) in [6.07, 6.45) is 1.89. The van der Waals surface area contributed by atoms with Gasteiger partial charge in [0.1, 0.15) is 5.58 Å². The van der Waals surface area contributed by atoms with E-state index >= 15 is 0 Å². The van der Waals surface area contributed by atoms with Gasteiger partial charge in [-0.15, -0.1) is 53.6 Å². The van der Waals surface area contributed by atoms with Crippen molar-refractivity contribution in [1.29, 1.82) is 0 Å². The summed E-state index contributed by atoms with van der Waals surface area (Å²) in [7, 11) is -1.61. The van der Waals surface area contributed by atoms with Crippen LogP contribution in [0.3, 0.4) is 0 Å². The van der Waals surface area contributed by atoms with Gasteiger partial charge in [0.2, 0.25) is 0 Å². The fraction of sp³-hybridized carbons (Fsp3) is 0.250. The van der Waals surface area contributed by atoms with E-state index < -0.39 is 20.8 Å². The number of nitrogens with zero attached hydrogens (tertiary/aromatic N) is 3. The third-order valence-electron chi connectivity index (χ3n) is 8.01. The van der Waals surface area contributed by atoms with Gasteiger partial charge < -0.3 is 14.0 Å². The van der Waals surface area contributed by atoms with Crippen LogP contribution in [0.4, 0.5) is 0 Å². The Hall–Kier alpha value is -3.83. The van der Waals surface area contributed by atoms with Gasteiger partial charge in [-0.3, -0.25) is 4.98 Å². The van der Waals surface area contributed by atoms with E-state index in [1.165, 1.54) is 11.3 Å². The van der Waals surface area contributed by atoms with Crippen molar-refractivity contribution < 1.29 is 30.0 Å². The first-order valence-corrected chi connectivity index (χ1v) is 18.9. The van der Waals surface area contributed by atoms with E-state index in [-0.39, 0.29) is 31.7 Å². The number of fused-ring (bicyclic) bond motifs is 4. The molecule has 6 heteroatoms. The number of aromatic nitrogens is 3. The Kier molecular flexibility index (Phi) is 8.33. The van der Waals surface area contributed by atoms with Crippen LogP contribution in [0.25, 0.3) is 55.6 Å². The second-order valence-electron chi connectivity index (χ2n) is 12.9. The molecule has 3 heterocycles.